The molecule has 1 aliphatic heterocycles. The first-order valence-corrected chi connectivity index (χ1v) is 7.98. The Hall–Kier alpha value is -1.78. The van der Waals surface area contributed by atoms with Crippen molar-refractivity contribution in [2.75, 3.05) is 23.7 Å². The number of nitrogens with zero attached hydrogens (tertiary/aromatic N) is 2. The van der Waals surface area contributed by atoms with Crippen LogP contribution in [0.25, 0.3) is 0 Å². The van der Waals surface area contributed by atoms with Crippen LogP contribution < -0.4 is 16.0 Å². The zero-order valence-electron chi connectivity index (χ0n) is 11.6. The fourth-order valence-electron chi connectivity index (χ4n) is 2.55. The molecule has 1 aliphatic carbocycles. The molecule has 3 rings (SSSR count). The molecular weight excluding hydrogens is 288 g/mol. The van der Waals surface area contributed by atoms with Gasteiger partial charge in [0, 0.05) is 19.1 Å². The van der Waals surface area contributed by atoms with Crippen molar-refractivity contribution in [2.45, 2.75) is 37.8 Å². The normalized spacial score (nSPS) is 21.9. The number of carbonyl (C=O) groups is 1. The zero-order valence-corrected chi connectivity index (χ0v) is 12.4. The summed E-state index contributed by atoms with van der Waals surface area (Å²) >= 11 is 1.25. The summed E-state index contributed by atoms with van der Waals surface area (Å²) in [6.45, 7) is 1.26. The third-order valence-electron chi connectivity index (χ3n) is 3.84. The number of anilines is 2. The van der Waals surface area contributed by atoms with Crippen molar-refractivity contribution in [2.24, 2.45) is 0 Å². The molecule has 112 valence electrons. The number of thiophene rings is 1. The second-order valence-corrected chi connectivity index (χ2v) is 6.63. The van der Waals surface area contributed by atoms with Gasteiger partial charge in [-0.2, -0.15) is 5.26 Å². The van der Waals surface area contributed by atoms with Crippen molar-refractivity contribution in [3.8, 4) is 6.07 Å². The quantitative estimate of drug-likeness (QED) is 0.775. The second-order valence-electron chi connectivity index (χ2n) is 5.63. The van der Waals surface area contributed by atoms with Crippen molar-refractivity contribution >= 4 is 27.9 Å². The number of nitrogens with two attached hydrogens (primary N) is 1. The van der Waals surface area contributed by atoms with Crippen LogP contribution in [0.15, 0.2) is 0 Å². The Labute approximate surface area is 127 Å². The third kappa shape index (κ3) is 2.82. The van der Waals surface area contributed by atoms with Gasteiger partial charge in [-0.3, -0.25) is 4.79 Å². The van der Waals surface area contributed by atoms with Crippen LogP contribution in [0.1, 0.15) is 40.9 Å². The first-order valence-electron chi connectivity index (χ1n) is 7.16. The van der Waals surface area contributed by atoms with Gasteiger partial charge < -0.3 is 21.1 Å². The number of piperidine rings is 1. The molecule has 0 aromatic carbocycles. The molecule has 1 aromatic rings. The number of hydrogen-bond donors (Lipinski definition) is 3. The highest BCUT2D eigenvalue weighted by molar-refractivity contribution is 7.19. The van der Waals surface area contributed by atoms with E-state index in [2.05, 4.69) is 11.4 Å². The molecule has 1 saturated carbocycles. The molecular formula is C14H18N4O2S. The van der Waals surface area contributed by atoms with E-state index < -0.39 is 6.10 Å². The van der Waals surface area contributed by atoms with Gasteiger partial charge >= 0.3 is 0 Å². The van der Waals surface area contributed by atoms with E-state index in [-0.39, 0.29) is 17.6 Å². The lowest BCUT2D eigenvalue weighted by molar-refractivity contribution is 0.0956. The molecule has 21 heavy (non-hydrogen) atoms. The average molecular weight is 306 g/mol. The van der Waals surface area contributed by atoms with E-state index in [1.165, 1.54) is 11.3 Å². The zero-order chi connectivity index (χ0) is 15.0. The van der Waals surface area contributed by atoms with Crippen molar-refractivity contribution in [1.82, 2.24) is 5.32 Å². The van der Waals surface area contributed by atoms with E-state index in [1.54, 1.807) is 0 Å². The molecule has 1 saturated heterocycles. The van der Waals surface area contributed by atoms with Crippen LogP contribution in [0.3, 0.4) is 0 Å². The number of rotatable bonds is 3. The summed E-state index contributed by atoms with van der Waals surface area (Å²) in [5.74, 6) is -0.194. The number of β-amino-alcohol motifs (C(OH)–C–C–N with tert-alkyl or cyclic N) is 1. The van der Waals surface area contributed by atoms with Gasteiger partial charge in [-0.15, -0.1) is 11.3 Å². The summed E-state index contributed by atoms with van der Waals surface area (Å²) in [5.41, 5.74) is 6.61. The van der Waals surface area contributed by atoms with Crippen molar-refractivity contribution < 1.29 is 9.90 Å². The molecule has 2 heterocycles. The number of aliphatic hydroxyl groups is 1. The van der Waals surface area contributed by atoms with Gasteiger partial charge in [0.2, 0.25) is 0 Å². The van der Waals surface area contributed by atoms with E-state index in [9.17, 15) is 15.2 Å². The highest BCUT2D eigenvalue weighted by Crippen LogP contribution is 2.39. The third-order valence-corrected chi connectivity index (χ3v) is 5.11. The van der Waals surface area contributed by atoms with Gasteiger partial charge in [0.15, 0.2) is 0 Å². The Morgan fingerprint density at radius 2 is 2.24 bits per heavy atom. The summed E-state index contributed by atoms with van der Waals surface area (Å²) < 4.78 is 0. The van der Waals surface area contributed by atoms with E-state index >= 15 is 0 Å². The van der Waals surface area contributed by atoms with Gasteiger partial charge in [-0.1, -0.05) is 0 Å². The molecule has 0 radical (unpaired) electrons. The Kier molecular flexibility index (Phi) is 3.74. The maximum absolute atomic E-state index is 12.2. The van der Waals surface area contributed by atoms with Crippen LogP contribution in [0.4, 0.5) is 10.7 Å². The Balaban J connectivity index is 1.89. The van der Waals surface area contributed by atoms with Crippen molar-refractivity contribution in [3.63, 3.8) is 0 Å². The summed E-state index contributed by atoms with van der Waals surface area (Å²) in [5, 5.41) is 22.7. The monoisotopic (exact) mass is 306 g/mol. The highest BCUT2D eigenvalue weighted by atomic mass is 32.1. The summed E-state index contributed by atoms with van der Waals surface area (Å²) in [6.07, 6.45) is 3.26. The molecule has 0 spiro atoms. The molecule has 1 aromatic heterocycles. The predicted molar refractivity (Wildman–Crippen MR) is 81.4 cm³/mol. The SMILES string of the molecule is N#Cc1c(N2CCCC(O)C2)sc(C(=O)NC2CC2)c1N. The van der Waals surface area contributed by atoms with Gasteiger partial charge in [0.1, 0.15) is 21.5 Å². The maximum atomic E-state index is 12.2. The van der Waals surface area contributed by atoms with Crippen LogP contribution in [0.5, 0.6) is 0 Å². The van der Waals surface area contributed by atoms with E-state index in [0.29, 0.717) is 22.0 Å². The van der Waals surface area contributed by atoms with Gasteiger partial charge in [-0.25, -0.2) is 0 Å². The fraction of sp³-hybridized carbons (Fsp3) is 0.571. The number of nitrogens with one attached hydrogen (secondary N) is 1. The lowest BCUT2D eigenvalue weighted by atomic mass is 10.1. The highest BCUT2D eigenvalue weighted by Gasteiger charge is 2.30. The average Bonchev–Trinajstić information content (AvgIpc) is 3.20. The second kappa shape index (κ2) is 5.54. The van der Waals surface area contributed by atoms with Crippen LogP contribution >= 0.6 is 11.3 Å². The molecule has 1 unspecified atom stereocenters. The predicted octanol–water partition coefficient (Wildman–Crippen LogP) is 1.06. The Morgan fingerprint density at radius 3 is 2.86 bits per heavy atom. The van der Waals surface area contributed by atoms with Crippen molar-refractivity contribution in [3.05, 3.63) is 10.4 Å². The number of carbonyl (C=O) groups excluding carboxylic acids is 1. The molecule has 2 aliphatic rings. The Bertz CT molecular complexity index is 603. The molecule has 6 nitrogen and oxygen atoms in total. The first kappa shape index (κ1) is 14.2. The van der Waals surface area contributed by atoms with E-state index in [0.717, 1.165) is 32.2 Å². The smallest absolute Gasteiger partial charge is 0.263 e. The van der Waals surface area contributed by atoms with Crippen molar-refractivity contribution in [1.29, 1.82) is 5.26 Å². The minimum atomic E-state index is -0.391. The number of nitrogen functional groups attached to an aromatic ring is 1. The fourth-order valence-corrected chi connectivity index (χ4v) is 3.66. The van der Waals surface area contributed by atoms with Crippen LogP contribution in [0.2, 0.25) is 0 Å². The van der Waals surface area contributed by atoms with Crippen LogP contribution in [-0.2, 0) is 0 Å². The number of hydrogen-bond acceptors (Lipinski definition) is 6. The first-order chi connectivity index (χ1) is 10.1. The summed E-state index contributed by atoms with van der Waals surface area (Å²) in [7, 11) is 0. The van der Waals surface area contributed by atoms with E-state index in [1.807, 2.05) is 4.90 Å². The lowest BCUT2D eigenvalue weighted by Crippen LogP contribution is -2.38. The van der Waals surface area contributed by atoms with Crippen LogP contribution in [-0.4, -0.2) is 36.2 Å². The topological polar surface area (TPSA) is 102 Å². The van der Waals surface area contributed by atoms with Gasteiger partial charge in [0.05, 0.1) is 11.8 Å². The summed E-state index contributed by atoms with van der Waals surface area (Å²) in [6, 6.07) is 2.36. The molecule has 0 bridgehead atoms. The molecule has 2 fully saturated rings. The largest absolute Gasteiger partial charge is 0.396 e. The molecule has 7 heteroatoms. The number of amides is 1. The maximum Gasteiger partial charge on any atom is 0.263 e. The lowest BCUT2D eigenvalue weighted by Gasteiger charge is -2.30. The standard InChI is InChI=1S/C14H18N4O2S/c15-6-10-11(16)12(13(20)17-8-3-4-8)21-14(10)18-5-1-2-9(19)7-18/h8-9,19H,1-5,7,16H2,(H,17,20). The van der Waals surface area contributed by atoms with Crippen LogP contribution in [0, 0.1) is 11.3 Å². The number of aliphatic hydroxyl groups excluding tert-OH is 1. The molecule has 1 atom stereocenters. The van der Waals surface area contributed by atoms with E-state index in [4.69, 9.17) is 5.73 Å². The molecule has 4 N–H and O–H groups in total. The molecule has 1 amide bonds. The minimum Gasteiger partial charge on any atom is -0.396 e. The van der Waals surface area contributed by atoms with Gasteiger partial charge in [0.25, 0.3) is 5.91 Å². The minimum absolute atomic E-state index is 0.194. The Morgan fingerprint density at radius 1 is 1.48 bits per heavy atom. The number of nitriles is 1. The van der Waals surface area contributed by atoms with Gasteiger partial charge in [-0.05, 0) is 25.7 Å². The summed E-state index contributed by atoms with van der Waals surface area (Å²) in [4.78, 5) is 14.6.